The molecule has 1 N–H and O–H groups in total. The van der Waals surface area contributed by atoms with Crippen molar-refractivity contribution in [2.75, 3.05) is 26.8 Å². The second-order valence-electron chi connectivity index (χ2n) is 5.35. The maximum atomic E-state index is 6.27. The highest BCUT2D eigenvalue weighted by Crippen LogP contribution is 2.33. The highest BCUT2D eigenvalue weighted by atomic mass is 35.5. The molecule has 0 spiro atoms. The van der Waals surface area contributed by atoms with Gasteiger partial charge in [0.25, 0.3) is 0 Å². The van der Waals surface area contributed by atoms with Crippen LogP contribution in [0.5, 0.6) is 11.5 Å². The van der Waals surface area contributed by atoms with Gasteiger partial charge in [-0.1, -0.05) is 35.9 Å². The summed E-state index contributed by atoms with van der Waals surface area (Å²) in [5.41, 5.74) is 1.02. The highest BCUT2D eigenvalue weighted by molar-refractivity contribution is 6.30. The van der Waals surface area contributed by atoms with E-state index in [1.165, 1.54) is 0 Å². The maximum absolute atomic E-state index is 6.27. The average Bonchev–Trinajstić information content (AvgIpc) is 2.61. The van der Waals surface area contributed by atoms with E-state index in [1.54, 1.807) is 7.11 Å². The van der Waals surface area contributed by atoms with Crippen molar-refractivity contribution in [2.45, 2.75) is 12.2 Å². The molecule has 0 saturated carbocycles. The van der Waals surface area contributed by atoms with Gasteiger partial charge in [-0.25, -0.2) is 0 Å². The van der Waals surface area contributed by atoms with E-state index in [0.29, 0.717) is 23.1 Å². The quantitative estimate of drug-likeness (QED) is 0.867. The van der Waals surface area contributed by atoms with Crippen LogP contribution in [0.1, 0.15) is 11.7 Å². The fourth-order valence-electron chi connectivity index (χ4n) is 2.64. The van der Waals surface area contributed by atoms with Crippen LogP contribution in [-0.4, -0.2) is 32.9 Å². The van der Waals surface area contributed by atoms with Crippen molar-refractivity contribution in [1.82, 2.24) is 5.32 Å². The molecule has 130 valence electrons. The molecule has 0 bridgehead atoms. The average molecular weight is 370 g/mol. The number of methoxy groups -OCH3 is 1. The number of halogens is 2. The van der Waals surface area contributed by atoms with E-state index in [-0.39, 0.29) is 24.6 Å². The smallest absolute Gasteiger partial charge is 0.162 e. The van der Waals surface area contributed by atoms with Gasteiger partial charge < -0.3 is 19.5 Å². The second kappa shape index (κ2) is 9.14. The SMILES string of the molecule is COc1ccccc1OC(c1ccc(Cl)cc1)C1CNCCO1.Cl. The van der Waals surface area contributed by atoms with Gasteiger partial charge in [-0.05, 0) is 29.8 Å². The zero-order chi connectivity index (χ0) is 16.1. The Balaban J connectivity index is 0.00000208. The molecule has 2 atom stereocenters. The van der Waals surface area contributed by atoms with Crippen LogP contribution in [0, 0.1) is 0 Å². The van der Waals surface area contributed by atoms with Crippen LogP contribution in [0.4, 0.5) is 0 Å². The highest BCUT2D eigenvalue weighted by Gasteiger charge is 2.28. The van der Waals surface area contributed by atoms with Gasteiger partial charge in [-0.2, -0.15) is 0 Å². The third-order valence-electron chi connectivity index (χ3n) is 3.82. The summed E-state index contributed by atoms with van der Waals surface area (Å²) in [5.74, 6) is 1.40. The molecule has 1 fully saturated rings. The summed E-state index contributed by atoms with van der Waals surface area (Å²) in [7, 11) is 1.64. The summed E-state index contributed by atoms with van der Waals surface area (Å²) in [5, 5.41) is 4.05. The Labute approximate surface area is 153 Å². The largest absolute Gasteiger partial charge is 0.493 e. The van der Waals surface area contributed by atoms with Gasteiger partial charge in [0.2, 0.25) is 0 Å². The molecule has 1 saturated heterocycles. The fraction of sp³-hybridized carbons (Fsp3) is 0.333. The fourth-order valence-corrected chi connectivity index (χ4v) is 2.77. The van der Waals surface area contributed by atoms with E-state index in [4.69, 9.17) is 25.8 Å². The van der Waals surface area contributed by atoms with Crippen LogP contribution in [0.3, 0.4) is 0 Å². The molecule has 24 heavy (non-hydrogen) atoms. The second-order valence-corrected chi connectivity index (χ2v) is 5.79. The molecular weight excluding hydrogens is 349 g/mol. The van der Waals surface area contributed by atoms with Crippen LogP contribution in [0.25, 0.3) is 0 Å². The van der Waals surface area contributed by atoms with Gasteiger partial charge >= 0.3 is 0 Å². The molecule has 1 aliphatic rings. The lowest BCUT2D eigenvalue weighted by Crippen LogP contribution is -2.43. The molecule has 0 aromatic heterocycles. The summed E-state index contributed by atoms with van der Waals surface area (Å²) in [4.78, 5) is 0. The topological polar surface area (TPSA) is 39.7 Å². The van der Waals surface area contributed by atoms with Crippen molar-refractivity contribution < 1.29 is 14.2 Å². The predicted molar refractivity (Wildman–Crippen MR) is 97.7 cm³/mol. The van der Waals surface area contributed by atoms with Crippen LogP contribution in [0.15, 0.2) is 48.5 Å². The van der Waals surface area contributed by atoms with E-state index in [2.05, 4.69) is 5.32 Å². The first kappa shape index (κ1) is 18.9. The number of hydrogen-bond acceptors (Lipinski definition) is 4. The normalized spacial score (nSPS) is 18.3. The first-order valence-electron chi connectivity index (χ1n) is 7.65. The number of nitrogens with one attached hydrogen (secondary N) is 1. The van der Waals surface area contributed by atoms with E-state index < -0.39 is 0 Å². The third kappa shape index (κ3) is 4.54. The minimum atomic E-state index is -0.239. The van der Waals surface area contributed by atoms with Crippen LogP contribution < -0.4 is 14.8 Å². The lowest BCUT2D eigenvalue weighted by molar-refractivity contribution is -0.0438. The Morgan fingerprint density at radius 3 is 2.46 bits per heavy atom. The van der Waals surface area contributed by atoms with Crippen LogP contribution in [-0.2, 0) is 4.74 Å². The number of hydrogen-bond donors (Lipinski definition) is 1. The van der Waals surface area contributed by atoms with Gasteiger partial charge in [0.15, 0.2) is 17.6 Å². The lowest BCUT2D eigenvalue weighted by atomic mass is 10.0. The predicted octanol–water partition coefficient (Wildman–Crippen LogP) is 3.88. The first-order valence-corrected chi connectivity index (χ1v) is 8.03. The van der Waals surface area contributed by atoms with Crippen molar-refractivity contribution in [3.05, 3.63) is 59.1 Å². The molecule has 2 aromatic carbocycles. The Morgan fingerprint density at radius 1 is 1.12 bits per heavy atom. The van der Waals surface area contributed by atoms with Gasteiger partial charge in [-0.15, -0.1) is 12.4 Å². The van der Waals surface area contributed by atoms with Crippen molar-refractivity contribution in [1.29, 1.82) is 0 Å². The molecule has 1 heterocycles. The Morgan fingerprint density at radius 2 is 1.83 bits per heavy atom. The monoisotopic (exact) mass is 369 g/mol. The van der Waals surface area contributed by atoms with Crippen molar-refractivity contribution in [3.8, 4) is 11.5 Å². The van der Waals surface area contributed by atoms with Crippen LogP contribution in [0.2, 0.25) is 5.02 Å². The molecule has 1 aliphatic heterocycles. The number of benzene rings is 2. The molecule has 4 nitrogen and oxygen atoms in total. The summed E-state index contributed by atoms with van der Waals surface area (Å²) in [6.45, 7) is 2.27. The molecular formula is C18H21Cl2NO3. The lowest BCUT2D eigenvalue weighted by Gasteiger charge is -2.32. The third-order valence-corrected chi connectivity index (χ3v) is 4.07. The molecule has 0 amide bonds. The summed E-state index contributed by atoms with van der Waals surface area (Å²) >= 11 is 6.01. The zero-order valence-electron chi connectivity index (χ0n) is 13.4. The maximum Gasteiger partial charge on any atom is 0.162 e. The van der Waals surface area contributed by atoms with Gasteiger partial charge in [0.1, 0.15) is 6.10 Å². The minimum absolute atomic E-state index is 0. The number of rotatable bonds is 5. The van der Waals surface area contributed by atoms with Gasteiger partial charge in [0, 0.05) is 18.1 Å². The molecule has 6 heteroatoms. The number of para-hydroxylation sites is 2. The Hall–Kier alpha value is -1.46. The minimum Gasteiger partial charge on any atom is -0.493 e. The Bertz CT molecular complexity index is 630. The molecule has 0 radical (unpaired) electrons. The van der Waals surface area contributed by atoms with Crippen LogP contribution >= 0.6 is 24.0 Å². The van der Waals surface area contributed by atoms with Gasteiger partial charge in [-0.3, -0.25) is 0 Å². The molecule has 0 aliphatic carbocycles. The van der Waals surface area contributed by atoms with E-state index in [0.717, 1.165) is 18.7 Å². The molecule has 3 rings (SSSR count). The van der Waals surface area contributed by atoms with Crippen molar-refractivity contribution >= 4 is 24.0 Å². The summed E-state index contributed by atoms with van der Waals surface area (Å²) in [6.07, 6.45) is -0.314. The zero-order valence-corrected chi connectivity index (χ0v) is 15.0. The van der Waals surface area contributed by atoms with Crippen molar-refractivity contribution in [2.24, 2.45) is 0 Å². The number of morpholine rings is 1. The standard InChI is InChI=1S/C18H20ClNO3.ClH/c1-21-15-4-2-3-5-16(15)23-18(17-12-20-10-11-22-17)13-6-8-14(19)9-7-13;/h2-9,17-18,20H,10-12H2,1H3;1H. The first-order chi connectivity index (χ1) is 11.3. The van der Waals surface area contributed by atoms with E-state index in [1.807, 2.05) is 48.5 Å². The molecule has 2 aromatic rings. The van der Waals surface area contributed by atoms with Gasteiger partial charge in [0.05, 0.1) is 13.7 Å². The summed E-state index contributed by atoms with van der Waals surface area (Å²) < 4.78 is 17.6. The summed E-state index contributed by atoms with van der Waals surface area (Å²) in [6, 6.07) is 15.3. The molecule has 2 unspecified atom stereocenters. The Kier molecular flexibility index (Phi) is 7.18. The van der Waals surface area contributed by atoms with E-state index in [9.17, 15) is 0 Å². The van der Waals surface area contributed by atoms with Crippen molar-refractivity contribution in [3.63, 3.8) is 0 Å². The van der Waals surface area contributed by atoms with E-state index >= 15 is 0 Å². The number of ether oxygens (including phenoxy) is 3.